The van der Waals surface area contributed by atoms with Gasteiger partial charge in [0.15, 0.2) is 0 Å². The van der Waals surface area contributed by atoms with Gasteiger partial charge in [-0.3, -0.25) is 0 Å². The minimum absolute atomic E-state index is 0.0174. The minimum Gasteiger partial charge on any atom is -0.334 e. The van der Waals surface area contributed by atoms with E-state index in [1.807, 2.05) is 30.3 Å². The lowest BCUT2D eigenvalue weighted by Crippen LogP contribution is -2.28. The van der Waals surface area contributed by atoms with Gasteiger partial charge in [0.1, 0.15) is 5.82 Å². The lowest BCUT2D eigenvalue weighted by molar-refractivity contribution is 0.251. The van der Waals surface area contributed by atoms with Crippen LogP contribution in [-0.2, 0) is 16.4 Å². The summed E-state index contributed by atoms with van der Waals surface area (Å²) in [5.41, 5.74) is 1.38. The van der Waals surface area contributed by atoms with E-state index in [-0.39, 0.29) is 14.8 Å². The van der Waals surface area contributed by atoms with Crippen LogP contribution in [0.4, 0.5) is 14.9 Å². The SMILES string of the molecule is O=C(NCc1ccccc1)Nc1ccc(S(=O)(=O)c2ccc(F)cc2Cl)cc1. The Bertz CT molecular complexity index is 1090. The molecular formula is C20H16ClFN2O3S. The zero-order valence-electron chi connectivity index (χ0n) is 14.5. The van der Waals surface area contributed by atoms with Gasteiger partial charge in [0, 0.05) is 12.2 Å². The van der Waals surface area contributed by atoms with Gasteiger partial charge in [-0.25, -0.2) is 17.6 Å². The van der Waals surface area contributed by atoms with E-state index in [4.69, 9.17) is 11.6 Å². The molecule has 0 aliphatic rings. The topological polar surface area (TPSA) is 75.3 Å². The number of amides is 2. The number of anilines is 1. The molecule has 0 fully saturated rings. The second-order valence-electron chi connectivity index (χ2n) is 5.90. The Hall–Kier alpha value is -2.90. The fourth-order valence-electron chi connectivity index (χ4n) is 2.49. The van der Waals surface area contributed by atoms with Gasteiger partial charge in [0.25, 0.3) is 0 Å². The molecule has 3 rings (SSSR count). The first-order valence-electron chi connectivity index (χ1n) is 8.25. The van der Waals surface area contributed by atoms with Gasteiger partial charge in [0.2, 0.25) is 9.84 Å². The first kappa shape index (κ1) is 19.9. The van der Waals surface area contributed by atoms with E-state index in [1.54, 1.807) is 0 Å². The smallest absolute Gasteiger partial charge is 0.319 e. The van der Waals surface area contributed by atoms with Crippen LogP contribution in [0.5, 0.6) is 0 Å². The highest BCUT2D eigenvalue weighted by molar-refractivity contribution is 7.91. The molecule has 0 saturated heterocycles. The van der Waals surface area contributed by atoms with Crippen LogP contribution in [0.25, 0.3) is 0 Å². The molecule has 0 atom stereocenters. The third kappa shape index (κ3) is 4.68. The number of halogens is 2. The van der Waals surface area contributed by atoms with Crippen LogP contribution in [0.3, 0.4) is 0 Å². The van der Waals surface area contributed by atoms with E-state index in [2.05, 4.69) is 10.6 Å². The number of hydrogen-bond acceptors (Lipinski definition) is 3. The molecule has 0 aliphatic carbocycles. The highest BCUT2D eigenvalue weighted by Crippen LogP contribution is 2.28. The van der Waals surface area contributed by atoms with Crippen molar-refractivity contribution < 1.29 is 17.6 Å². The minimum atomic E-state index is -3.90. The lowest BCUT2D eigenvalue weighted by atomic mass is 10.2. The molecule has 0 unspecified atom stereocenters. The Kier molecular flexibility index (Phi) is 5.96. The Balaban J connectivity index is 1.68. The van der Waals surface area contributed by atoms with Crippen molar-refractivity contribution in [3.63, 3.8) is 0 Å². The summed E-state index contributed by atoms with van der Waals surface area (Å²) in [5, 5.41) is 5.15. The van der Waals surface area contributed by atoms with Crippen LogP contribution >= 0.6 is 11.6 Å². The van der Waals surface area contributed by atoms with Crippen LogP contribution in [0.1, 0.15) is 5.56 Å². The van der Waals surface area contributed by atoms with Crippen molar-refractivity contribution in [2.24, 2.45) is 0 Å². The molecule has 28 heavy (non-hydrogen) atoms. The summed E-state index contributed by atoms with van der Waals surface area (Å²) in [6.07, 6.45) is 0. The molecule has 2 amide bonds. The third-order valence-corrected chi connectivity index (χ3v) is 6.15. The molecule has 8 heteroatoms. The molecule has 0 saturated carbocycles. The van der Waals surface area contributed by atoms with Crippen LogP contribution in [-0.4, -0.2) is 14.4 Å². The van der Waals surface area contributed by atoms with Crippen molar-refractivity contribution in [2.75, 3.05) is 5.32 Å². The average Bonchev–Trinajstić information content (AvgIpc) is 2.67. The normalized spacial score (nSPS) is 11.1. The van der Waals surface area contributed by atoms with Crippen molar-refractivity contribution in [3.05, 3.63) is 89.2 Å². The molecule has 0 aromatic heterocycles. The summed E-state index contributed by atoms with van der Waals surface area (Å²) in [5.74, 6) is -0.620. The van der Waals surface area contributed by atoms with E-state index in [9.17, 15) is 17.6 Å². The van der Waals surface area contributed by atoms with Gasteiger partial charge in [-0.15, -0.1) is 0 Å². The van der Waals surface area contributed by atoms with Crippen molar-refractivity contribution in [3.8, 4) is 0 Å². The van der Waals surface area contributed by atoms with Gasteiger partial charge >= 0.3 is 6.03 Å². The quantitative estimate of drug-likeness (QED) is 0.593. The van der Waals surface area contributed by atoms with Gasteiger partial charge in [-0.05, 0) is 48.0 Å². The van der Waals surface area contributed by atoms with Crippen molar-refractivity contribution in [2.45, 2.75) is 16.3 Å². The maximum Gasteiger partial charge on any atom is 0.319 e. The first-order chi connectivity index (χ1) is 13.4. The summed E-state index contributed by atoms with van der Waals surface area (Å²) in [4.78, 5) is 11.8. The fraction of sp³-hybridized carbons (Fsp3) is 0.0500. The van der Waals surface area contributed by atoms with Gasteiger partial charge < -0.3 is 10.6 Å². The van der Waals surface area contributed by atoms with Crippen LogP contribution in [0.15, 0.2) is 82.6 Å². The molecular weight excluding hydrogens is 403 g/mol. The Morgan fingerprint density at radius 2 is 1.64 bits per heavy atom. The summed E-state index contributed by atoms with van der Waals surface area (Å²) >= 11 is 5.86. The van der Waals surface area contributed by atoms with Gasteiger partial charge in [0.05, 0.1) is 14.8 Å². The number of carbonyl (C=O) groups is 1. The summed E-state index contributed by atoms with van der Waals surface area (Å²) in [7, 11) is -3.90. The van der Waals surface area contributed by atoms with Crippen LogP contribution < -0.4 is 10.6 Å². The second-order valence-corrected chi connectivity index (χ2v) is 8.22. The van der Waals surface area contributed by atoms with Gasteiger partial charge in [-0.2, -0.15) is 0 Å². The number of hydrogen-bond donors (Lipinski definition) is 2. The van der Waals surface area contributed by atoms with E-state index < -0.39 is 21.7 Å². The second kappa shape index (κ2) is 8.41. The van der Waals surface area contributed by atoms with Gasteiger partial charge in [-0.1, -0.05) is 41.9 Å². The lowest BCUT2D eigenvalue weighted by Gasteiger charge is -2.10. The van der Waals surface area contributed by atoms with E-state index in [1.165, 1.54) is 24.3 Å². The maximum absolute atomic E-state index is 13.2. The Morgan fingerprint density at radius 1 is 0.964 bits per heavy atom. The molecule has 2 N–H and O–H groups in total. The zero-order chi connectivity index (χ0) is 20.1. The average molecular weight is 419 g/mol. The van der Waals surface area contributed by atoms with Crippen molar-refractivity contribution in [1.29, 1.82) is 0 Å². The Labute approximate surface area is 167 Å². The highest BCUT2D eigenvalue weighted by Gasteiger charge is 2.21. The molecule has 0 bridgehead atoms. The highest BCUT2D eigenvalue weighted by atomic mass is 35.5. The molecule has 0 spiro atoms. The first-order valence-corrected chi connectivity index (χ1v) is 10.1. The molecule has 0 aliphatic heterocycles. The summed E-state index contributed by atoms with van der Waals surface area (Å²) in [6, 6.07) is 17.7. The standard InChI is InChI=1S/C20H16ClFN2O3S/c21-18-12-15(22)6-11-19(18)28(26,27)17-9-7-16(8-10-17)24-20(25)23-13-14-4-2-1-3-5-14/h1-12H,13H2,(H2,23,24,25). The zero-order valence-corrected chi connectivity index (χ0v) is 16.1. The fourth-order valence-corrected chi connectivity index (χ4v) is 4.27. The molecule has 3 aromatic carbocycles. The number of rotatable bonds is 5. The third-order valence-electron chi connectivity index (χ3n) is 3.90. The predicted molar refractivity (Wildman–Crippen MR) is 106 cm³/mol. The molecule has 5 nitrogen and oxygen atoms in total. The van der Waals surface area contributed by atoms with Crippen LogP contribution in [0, 0.1) is 5.82 Å². The number of carbonyl (C=O) groups excluding carboxylic acids is 1. The summed E-state index contributed by atoms with van der Waals surface area (Å²) < 4.78 is 38.5. The van der Waals surface area contributed by atoms with E-state index in [0.29, 0.717) is 12.2 Å². The number of nitrogens with one attached hydrogen (secondary N) is 2. The molecule has 0 heterocycles. The predicted octanol–water partition coefficient (Wildman–Crippen LogP) is 4.63. The largest absolute Gasteiger partial charge is 0.334 e. The summed E-state index contributed by atoms with van der Waals surface area (Å²) in [6.45, 7) is 0.363. The van der Waals surface area contributed by atoms with E-state index >= 15 is 0 Å². The number of urea groups is 1. The Morgan fingerprint density at radius 3 is 2.29 bits per heavy atom. The van der Waals surface area contributed by atoms with Crippen molar-refractivity contribution in [1.82, 2.24) is 5.32 Å². The molecule has 3 aromatic rings. The van der Waals surface area contributed by atoms with Crippen molar-refractivity contribution >= 4 is 33.2 Å². The molecule has 0 radical (unpaired) electrons. The molecule has 144 valence electrons. The van der Waals surface area contributed by atoms with Crippen LogP contribution in [0.2, 0.25) is 5.02 Å². The number of sulfone groups is 1. The maximum atomic E-state index is 13.2. The monoisotopic (exact) mass is 418 g/mol. The van der Waals surface area contributed by atoms with E-state index in [0.717, 1.165) is 23.8 Å². The number of benzene rings is 3.